The molecule has 0 saturated carbocycles. The number of rotatable bonds is 6. The van der Waals surface area contributed by atoms with Crippen molar-refractivity contribution in [2.45, 2.75) is 97.8 Å². The Morgan fingerprint density at radius 3 is 1.43 bits per heavy atom. The summed E-state index contributed by atoms with van der Waals surface area (Å²) in [4.78, 5) is 0. The molecule has 0 aliphatic carbocycles. The molecule has 0 aromatic heterocycles. The summed E-state index contributed by atoms with van der Waals surface area (Å²) in [5, 5.41) is 0.503. The van der Waals surface area contributed by atoms with Crippen molar-refractivity contribution in [1.29, 1.82) is 0 Å². The molecule has 0 amide bonds. The minimum Gasteiger partial charge on any atom is -0.414 e. The molecule has 0 aromatic rings. The van der Waals surface area contributed by atoms with Crippen LogP contribution in [-0.4, -0.2) is 29.3 Å². The quantitative estimate of drug-likeness (QED) is 0.551. The van der Waals surface area contributed by atoms with E-state index in [-0.39, 0.29) is 16.2 Å². The minimum atomic E-state index is -1.74. The molecule has 1 atom stereocenters. The van der Waals surface area contributed by atoms with Crippen molar-refractivity contribution in [2.75, 3.05) is 6.61 Å². The monoisotopic (exact) mass is 332 g/mol. The summed E-state index contributed by atoms with van der Waals surface area (Å²) >= 11 is 0. The van der Waals surface area contributed by atoms with E-state index in [2.05, 4.69) is 81.6 Å². The van der Waals surface area contributed by atoms with E-state index in [1.807, 2.05) is 0 Å². The summed E-state index contributed by atoms with van der Waals surface area (Å²) in [6, 6.07) is 0. The summed E-state index contributed by atoms with van der Waals surface area (Å²) in [6.45, 7) is 28.3. The zero-order valence-corrected chi connectivity index (χ0v) is 18.7. The molecule has 0 aliphatic heterocycles. The van der Waals surface area contributed by atoms with Crippen LogP contribution in [0.4, 0.5) is 0 Å². The fourth-order valence-electron chi connectivity index (χ4n) is 1.42. The summed E-state index contributed by atoms with van der Waals surface area (Å²) < 4.78 is 13.0. The molecule has 0 heterocycles. The van der Waals surface area contributed by atoms with E-state index >= 15 is 0 Å². The number of hydrogen-bond acceptors (Lipinski definition) is 2. The van der Waals surface area contributed by atoms with Crippen LogP contribution >= 0.6 is 0 Å². The predicted molar refractivity (Wildman–Crippen MR) is 100 cm³/mol. The Morgan fingerprint density at radius 2 is 1.14 bits per heavy atom. The van der Waals surface area contributed by atoms with Gasteiger partial charge in [-0.15, -0.1) is 0 Å². The second kappa shape index (κ2) is 6.85. The first-order valence-electron chi connectivity index (χ1n) is 8.33. The standard InChI is InChI=1S/C17H40O2Si2/c1-14(2)15(19-21(11,12)17(6,7)8)13-18-20(9,10)16(3,4)5/h14-15H,13H2,1-12H3/t15-/m1/s1. The van der Waals surface area contributed by atoms with E-state index in [9.17, 15) is 0 Å². The highest BCUT2D eigenvalue weighted by Gasteiger charge is 2.41. The molecule has 0 aromatic carbocycles. The van der Waals surface area contributed by atoms with Gasteiger partial charge in [0.2, 0.25) is 0 Å². The second-order valence-electron chi connectivity index (χ2n) is 9.73. The van der Waals surface area contributed by atoms with Crippen LogP contribution in [0.1, 0.15) is 55.4 Å². The molecule has 0 fully saturated rings. The van der Waals surface area contributed by atoms with E-state index < -0.39 is 16.6 Å². The average Bonchev–Trinajstić information content (AvgIpc) is 2.20. The van der Waals surface area contributed by atoms with Crippen LogP contribution in [0.5, 0.6) is 0 Å². The van der Waals surface area contributed by atoms with Gasteiger partial charge in [-0.05, 0) is 42.2 Å². The van der Waals surface area contributed by atoms with Crippen LogP contribution in [0.25, 0.3) is 0 Å². The molecule has 0 rings (SSSR count). The SMILES string of the molecule is CC(C)[C@@H](CO[Si](C)(C)C(C)(C)C)O[Si](C)(C)C(C)(C)C. The van der Waals surface area contributed by atoms with E-state index in [0.717, 1.165) is 6.61 Å². The van der Waals surface area contributed by atoms with Crippen LogP contribution in [-0.2, 0) is 8.85 Å². The molecule has 0 spiro atoms. The minimum absolute atomic E-state index is 0.208. The zero-order valence-electron chi connectivity index (χ0n) is 16.7. The van der Waals surface area contributed by atoms with Crippen molar-refractivity contribution in [3.63, 3.8) is 0 Å². The molecule has 0 N–H and O–H groups in total. The van der Waals surface area contributed by atoms with E-state index in [1.165, 1.54) is 0 Å². The van der Waals surface area contributed by atoms with Gasteiger partial charge in [-0.3, -0.25) is 0 Å². The predicted octanol–water partition coefficient (Wildman–Crippen LogP) is 6.05. The lowest BCUT2D eigenvalue weighted by atomic mass is 10.1. The van der Waals surface area contributed by atoms with Crippen LogP contribution in [0, 0.1) is 5.92 Å². The van der Waals surface area contributed by atoms with Crippen molar-refractivity contribution >= 4 is 16.6 Å². The highest BCUT2D eigenvalue weighted by atomic mass is 28.4. The van der Waals surface area contributed by atoms with Gasteiger partial charge in [0.05, 0.1) is 12.7 Å². The summed E-state index contributed by atoms with van der Waals surface area (Å²) in [5.74, 6) is 0.490. The van der Waals surface area contributed by atoms with Crippen LogP contribution in [0.3, 0.4) is 0 Å². The van der Waals surface area contributed by atoms with Crippen LogP contribution < -0.4 is 0 Å². The fourth-order valence-corrected chi connectivity index (χ4v) is 3.89. The van der Waals surface area contributed by atoms with Gasteiger partial charge in [0.15, 0.2) is 16.6 Å². The Morgan fingerprint density at radius 1 is 0.762 bits per heavy atom. The largest absolute Gasteiger partial charge is 0.414 e. The zero-order chi connectivity index (χ0) is 17.3. The van der Waals surface area contributed by atoms with Crippen LogP contribution in [0.2, 0.25) is 36.3 Å². The molecule has 0 aliphatic rings. The molecule has 0 radical (unpaired) electrons. The van der Waals surface area contributed by atoms with Crippen molar-refractivity contribution in [3.8, 4) is 0 Å². The molecule has 4 heteroatoms. The third-order valence-electron chi connectivity index (χ3n) is 5.41. The van der Waals surface area contributed by atoms with E-state index in [0.29, 0.717) is 5.92 Å². The molecule has 128 valence electrons. The van der Waals surface area contributed by atoms with Gasteiger partial charge in [-0.1, -0.05) is 55.4 Å². The Kier molecular flexibility index (Phi) is 6.97. The lowest BCUT2D eigenvalue weighted by Gasteiger charge is -2.42. The Bertz CT molecular complexity index is 323. The lowest BCUT2D eigenvalue weighted by Crippen LogP contribution is -2.49. The lowest BCUT2D eigenvalue weighted by molar-refractivity contribution is 0.0727. The van der Waals surface area contributed by atoms with Gasteiger partial charge in [0.1, 0.15) is 0 Å². The Balaban J connectivity index is 4.90. The molecule has 0 unspecified atom stereocenters. The molecule has 0 bridgehead atoms. The molecular weight excluding hydrogens is 292 g/mol. The average molecular weight is 333 g/mol. The van der Waals surface area contributed by atoms with Gasteiger partial charge in [0, 0.05) is 0 Å². The third kappa shape index (κ3) is 6.16. The van der Waals surface area contributed by atoms with Crippen molar-refractivity contribution in [2.24, 2.45) is 5.92 Å². The second-order valence-corrected chi connectivity index (χ2v) is 19.3. The Labute approximate surface area is 136 Å². The smallest absolute Gasteiger partial charge is 0.192 e. The molecule has 21 heavy (non-hydrogen) atoms. The summed E-state index contributed by atoms with van der Waals surface area (Å²) in [5.41, 5.74) is 0. The van der Waals surface area contributed by atoms with Crippen molar-refractivity contribution in [3.05, 3.63) is 0 Å². The van der Waals surface area contributed by atoms with Gasteiger partial charge in [-0.25, -0.2) is 0 Å². The first-order valence-corrected chi connectivity index (χ1v) is 14.1. The molecular formula is C17H40O2Si2. The summed E-state index contributed by atoms with van der Waals surface area (Å²) in [6.07, 6.45) is 0.208. The van der Waals surface area contributed by atoms with E-state index in [1.54, 1.807) is 0 Å². The number of hydrogen-bond donors (Lipinski definition) is 0. The normalized spacial score (nSPS) is 16.4. The first kappa shape index (κ1) is 21.4. The maximum absolute atomic E-state index is 6.61. The maximum atomic E-state index is 6.61. The van der Waals surface area contributed by atoms with Gasteiger partial charge in [-0.2, -0.15) is 0 Å². The topological polar surface area (TPSA) is 18.5 Å². The van der Waals surface area contributed by atoms with Gasteiger partial charge in [0.25, 0.3) is 0 Å². The Hall–Kier alpha value is 0.354. The van der Waals surface area contributed by atoms with Crippen molar-refractivity contribution in [1.82, 2.24) is 0 Å². The fraction of sp³-hybridized carbons (Fsp3) is 1.00. The van der Waals surface area contributed by atoms with Crippen LogP contribution in [0.15, 0.2) is 0 Å². The first-order chi connectivity index (χ1) is 9.01. The third-order valence-corrected chi connectivity index (χ3v) is 14.4. The highest BCUT2D eigenvalue weighted by Crippen LogP contribution is 2.39. The van der Waals surface area contributed by atoms with Gasteiger partial charge >= 0.3 is 0 Å². The summed E-state index contributed by atoms with van der Waals surface area (Å²) in [7, 11) is -3.44. The molecule has 0 saturated heterocycles. The van der Waals surface area contributed by atoms with Gasteiger partial charge < -0.3 is 8.85 Å². The maximum Gasteiger partial charge on any atom is 0.192 e. The molecule has 2 nitrogen and oxygen atoms in total. The highest BCUT2D eigenvalue weighted by molar-refractivity contribution is 6.74. The van der Waals surface area contributed by atoms with E-state index in [4.69, 9.17) is 8.85 Å². The van der Waals surface area contributed by atoms with Crippen molar-refractivity contribution < 1.29 is 8.85 Å².